The minimum absolute atomic E-state index is 0.819. The van der Waals surface area contributed by atoms with Crippen molar-refractivity contribution in [3.63, 3.8) is 0 Å². The Morgan fingerprint density at radius 3 is 2.43 bits per heavy atom. The maximum absolute atomic E-state index is 5.28. The van der Waals surface area contributed by atoms with E-state index in [-0.39, 0.29) is 0 Å². The lowest BCUT2D eigenvalue weighted by Gasteiger charge is -2.22. The maximum Gasteiger partial charge on any atom is 0.118 e. The van der Waals surface area contributed by atoms with Crippen molar-refractivity contribution in [1.29, 1.82) is 0 Å². The number of methoxy groups -OCH3 is 1. The fourth-order valence-corrected chi connectivity index (χ4v) is 4.15. The molecule has 1 fully saturated rings. The minimum Gasteiger partial charge on any atom is -0.497 e. The van der Waals surface area contributed by atoms with Gasteiger partial charge in [-0.25, -0.2) is 0 Å². The van der Waals surface area contributed by atoms with Crippen LogP contribution in [-0.2, 0) is 6.42 Å². The average Bonchev–Trinajstić information content (AvgIpc) is 3.07. The van der Waals surface area contributed by atoms with Crippen LogP contribution in [0.25, 0.3) is 17.2 Å². The van der Waals surface area contributed by atoms with E-state index in [9.17, 15) is 0 Å². The van der Waals surface area contributed by atoms with Gasteiger partial charge in [0.1, 0.15) is 5.75 Å². The van der Waals surface area contributed by atoms with Crippen molar-refractivity contribution in [1.82, 2.24) is 0 Å². The highest BCUT2D eigenvalue weighted by molar-refractivity contribution is 5.81. The molecule has 0 atom stereocenters. The lowest BCUT2D eigenvalue weighted by Crippen LogP contribution is -2.08. The molecule has 0 unspecified atom stereocenters. The Hall–Kier alpha value is -2.02. The van der Waals surface area contributed by atoms with Gasteiger partial charge in [0, 0.05) is 0 Å². The van der Waals surface area contributed by atoms with Crippen LogP contribution in [0.5, 0.6) is 5.75 Å². The van der Waals surface area contributed by atoms with Gasteiger partial charge in [0.05, 0.1) is 7.11 Å². The molecule has 1 saturated carbocycles. The van der Waals surface area contributed by atoms with Crippen molar-refractivity contribution in [3.8, 4) is 16.9 Å². The van der Waals surface area contributed by atoms with Gasteiger partial charge in [0.2, 0.25) is 0 Å². The van der Waals surface area contributed by atoms with Gasteiger partial charge in [-0.3, -0.25) is 0 Å². The molecule has 0 saturated heterocycles. The van der Waals surface area contributed by atoms with Crippen molar-refractivity contribution in [2.75, 3.05) is 7.11 Å². The van der Waals surface area contributed by atoms with Crippen molar-refractivity contribution in [2.24, 2.45) is 5.92 Å². The summed E-state index contributed by atoms with van der Waals surface area (Å²) in [5.74, 6) is 1.74. The van der Waals surface area contributed by atoms with Gasteiger partial charge >= 0.3 is 0 Å². The molecule has 0 N–H and O–H groups in total. The van der Waals surface area contributed by atoms with Gasteiger partial charge in [0.15, 0.2) is 0 Å². The molecule has 0 aromatic heterocycles. The first-order valence-corrected chi connectivity index (χ1v) is 8.82. The molecule has 2 aromatic carbocycles. The van der Waals surface area contributed by atoms with Crippen LogP contribution in [0.1, 0.15) is 43.2 Å². The third-order valence-electron chi connectivity index (χ3n) is 5.45. The molecule has 0 aliphatic heterocycles. The van der Waals surface area contributed by atoms with Gasteiger partial charge in [-0.1, -0.05) is 61.2 Å². The molecule has 118 valence electrons. The Balaban J connectivity index is 1.68. The van der Waals surface area contributed by atoms with Crippen LogP contribution in [0.4, 0.5) is 0 Å². The molecule has 1 heteroatoms. The lowest BCUT2D eigenvalue weighted by atomic mass is 9.83. The predicted molar refractivity (Wildman–Crippen MR) is 96.7 cm³/mol. The number of hydrogen-bond donors (Lipinski definition) is 0. The van der Waals surface area contributed by atoms with E-state index >= 15 is 0 Å². The molecule has 2 aliphatic rings. The quantitative estimate of drug-likeness (QED) is 0.688. The van der Waals surface area contributed by atoms with E-state index in [0.717, 1.165) is 18.1 Å². The van der Waals surface area contributed by atoms with E-state index in [0.29, 0.717) is 0 Å². The summed E-state index contributed by atoms with van der Waals surface area (Å²) in [7, 11) is 1.72. The highest BCUT2D eigenvalue weighted by Crippen LogP contribution is 2.40. The summed E-state index contributed by atoms with van der Waals surface area (Å²) >= 11 is 0. The first kappa shape index (κ1) is 14.6. The third-order valence-corrected chi connectivity index (χ3v) is 5.45. The fraction of sp³-hybridized carbons (Fsp3) is 0.364. The highest BCUT2D eigenvalue weighted by atomic mass is 16.5. The summed E-state index contributed by atoms with van der Waals surface area (Å²) in [6.07, 6.45) is 10.7. The topological polar surface area (TPSA) is 9.23 Å². The monoisotopic (exact) mass is 304 g/mol. The Morgan fingerprint density at radius 1 is 0.913 bits per heavy atom. The zero-order valence-corrected chi connectivity index (χ0v) is 13.8. The van der Waals surface area contributed by atoms with E-state index < -0.39 is 0 Å². The molecule has 0 bridgehead atoms. The molecule has 2 aliphatic carbocycles. The molecule has 2 aromatic rings. The maximum atomic E-state index is 5.28. The average molecular weight is 304 g/mol. The first-order valence-electron chi connectivity index (χ1n) is 8.82. The molecule has 1 nitrogen and oxygen atoms in total. The van der Waals surface area contributed by atoms with Crippen molar-refractivity contribution >= 4 is 6.08 Å². The predicted octanol–water partition coefficient (Wildman–Crippen LogP) is 5.88. The van der Waals surface area contributed by atoms with Crippen LogP contribution < -0.4 is 4.74 Å². The standard InChI is InChI=1S/C22H24O/c1-23-20-12-10-17(11-13-20)21-9-5-8-18-14-19(15-22(18)21)16-6-3-2-4-7-16/h5,8-13,15-16H,2-4,6-7,14H2,1H3. The zero-order chi connectivity index (χ0) is 15.6. The molecule has 0 spiro atoms. The van der Waals surface area contributed by atoms with Crippen molar-refractivity contribution < 1.29 is 4.74 Å². The number of rotatable bonds is 3. The molecule has 0 amide bonds. The Labute approximate surface area is 139 Å². The van der Waals surface area contributed by atoms with Crippen LogP contribution in [0.15, 0.2) is 48.0 Å². The Kier molecular flexibility index (Phi) is 3.95. The number of fused-ring (bicyclic) bond motifs is 1. The smallest absolute Gasteiger partial charge is 0.118 e. The van der Waals surface area contributed by atoms with E-state index in [1.165, 1.54) is 54.4 Å². The molecule has 0 radical (unpaired) electrons. The second-order valence-corrected chi connectivity index (χ2v) is 6.84. The van der Waals surface area contributed by atoms with Crippen molar-refractivity contribution in [2.45, 2.75) is 38.5 Å². The largest absolute Gasteiger partial charge is 0.497 e. The second kappa shape index (κ2) is 6.23. The van der Waals surface area contributed by atoms with Gasteiger partial charge in [-0.2, -0.15) is 0 Å². The van der Waals surface area contributed by atoms with E-state index in [1.807, 2.05) is 0 Å². The number of hydrogen-bond acceptors (Lipinski definition) is 1. The summed E-state index contributed by atoms with van der Waals surface area (Å²) in [6.45, 7) is 0. The summed E-state index contributed by atoms with van der Waals surface area (Å²) < 4.78 is 5.28. The van der Waals surface area contributed by atoms with Crippen LogP contribution in [0, 0.1) is 5.92 Å². The minimum atomic E-state index is 0.819. The van der Waals surface area contributed by atoms with Crippen molar-refractivity contribution in [3.05, 3.63) is 59.2 Å². The van der Waals surface area contributed by atoms with E-state index in [2.05, 4.69) is 48.5 Å². The third kappa shape index (κ3) is 2.81. The SMILES string of the molecule is COc1ccc(-c2cccc3c2C=C(C2CCCCC2)C3)cc1. The van der Waals surface area contributed by atoms with Crippen LogP contribution >= 0.6 is 0 Å². The van der Waals surface area contributed by atoms with Crippen LogP contribution in [-0.4, -0.2) is 7.11 Å². The molecule has 0 heterocycles. The zero-order valence-electron chi connectivity index (χ0n) is 13.8. The van der Waals surface area contributed by atoms with Gasteiger partial charge < -0.3 is 4.74 Å². The molecular weight excluding hydrogens is 280 g/mol. The highest BCUT2D eigenvalue weighted by Gasteiger charge is 2.23. The van der Waals surface area contributed by atoms with Crippen LogP contribution in [0.3, 0.4) is 0 Å². The first-order chi connectivity index (χ1) is 11.3. The number of allylic oxidation sites excluding steroid dienone is 1. The summed E-state index contributed by atoms with van der Waals surface area (Å²) in [5, 5.41) is 0. The Bertz CT molecular complexity index is 718. The number of ether oxygens (including phenoxy) is 1. The van der Waals surface area contributed by atoms with E-state index in [1.54, 1.807) is 12.7 Å². The lowest BCUT2D eigenvalue weighted by molar-refractivity contribution is 0.401. The Morgan fingerprint density at radius 2 is 1.70 bits per heavy atom. The van der Waals surface area contributed by atoms with Gasteiger partial charge in [-0.15, -0.1) is 0 Å². The molecular formula is C22H24O. The molecule has 23 heavy (non-hydrogen) atoms. The summed E-state index contributed by atoms with van der Waals surface area (Å²) in [6, 6.07) is 15.2. The second-order valence-electron chi connectivity index (χ2n) is 6.84. The van der Waals surface area contributed by atoms with Gasteiger partial charge in [-0.05, 0) is 59.6 Å². The van der Waals surface area contributed by atoms with E-state index in [4.69, 9.17) is 4.74 Å². The summed E-state index contributed by atoms with van der Waals surface area (Å²) in [4.78, 5) is 0. The van der Waals surface area contributed by atoms with Crippen LogP contribution in [0.2, 0.25) is 0 Å². The normalized spacial score (nSPS) is 17.7. The fourth-order valence-electron chi connectivity index (χ4n) is 4.15. The van der Waals surface area contributed by atoms with Gasteiger partial charge in [0.25, 0.3) is 0 Å². The molecule has 4 rings (SSSR count). The summed E-state index contributed by atoms with van der Waals surface area (Å²) in [5.41, 5.74) is 7.25. The number of benzene rings is 2.